The second-order valence-electron chi connectivity index (χ2n) is 4.44. The van der Waals surface area contributed by atoms with Crippen LogP contribution in [0, 0.1) is 0 Å². The SMILES string of the molecule is CSC(C)(C)CNc1nn(C)c(=O)n(C)c1=O. The lowest BCUT2D eigenvalue weighted by atomic mass is 10.2. The molecule has 96 valence electrons. The van der Waals surface area contributed by atoms with Crippen molar-refractivity contribution in [3.05, 3.63) is 20.8 Å². The first-order valence-corrected chi connectivity index (χ1v) is 6.44. The Bertz CT molecular complexity index is 518. The Labute approximate surface area is 104 Å². The van der Waals surface area contributed by atoms with E-state index in [0.29, 0.717) is 6.54 Å². The van der Waals surface area contributed by atoms with Gasteiger partial charge in [0.25, 0.3) is 5.56 Å². The molecule has 1 aromatic heterocycles. The summed E-state index contributed by atoms with van der Waals surface area (Å²) in [5.41, 5.74) is -0.824. The quantitative estimate of drug-likeness (QED) is 0.825. The Morgan fingerprint density at radius 3 is 2.47 bits per heavy atom. The lowest BCUT2D eigenvalue weighted by Crippen LogP contribution is -2.41. The fourth-order valence-electron chi connectivity index (χ4n) is 1.18. The molecule has 7 heteroatoms. The molecule has 0 aliphatic rings. The molecule has 0 atom stereocenters. The first-order valence-electron chi connectivity index (χ1n) is 5.22. The van der Waals surface area contributed by atoms with Gasteiger partial charge in [-0.15, -0.1) is 5.10 Å². The van der Waals surface area contributed by atoms with Crippen LogP contribution < -0.4 is 16.6 Å². The minimum Gasteiger partial charge on any atom is -0.363 e. The van der Waals surface area contributed by atoms with Gasteiger partial charge < -0.3 is 5.32 Å². The van der Waals surface area contributed by atoms with Gasteiger partial charge >= 0.3 is 5.69 Å². The average Bonchev–Trinajstić information content (AvgIpc) is 2.29. The van der Waals surface area contributed by atoms with Crippen LogP contribution in [-0.4, -0.2) is 31.9 Å². The number of aromatic nitrogens is 3. The Kier molecular flexibility index (Phi) is 4.03. The summed E-state index contributed by atoms with van der Waals surface area (Å²) in [4.78, 5) is 23.2. The van der Waals surface area contributed by atoms with E-state index in [9.17, 15) is 9.59 Å². The van der Waals surface area contributed by atoms with Crippen molar-refractivity contribution in [3.8, 4) is 0 Å². The van der Waals surface area contributed by atoms with E-state index in [1.807, 2.05) is 6.26 Å². The van der Waals surface area contributed by atoms with Crippen molar-refractivity contribution in [2.24, 2.45) is 14.1 Å². The minimum absolute atomic E-state index is 0.00139. The van der Waals surface area contributed by atoms with Crippen molar-refractivity contribution in [2.45, 2.75) is 18.6 Å². The molecule has 0 amide bonds. The Hall–Kier alpha value is -1.24. The van der Waals surface area contributed by atoms with Gasteiger partial charge in [-0.3, -0.25) is 9.36 Å². The number of thioether (sulfide) groups is 1. The molecule has 0 aliphatic carbocycles. The number of anilines is 1. The molecule has 0 saturated heterocycles. The number of rotatable bonds is 4. The van der Waals surface area contributed by atoms with Crippen LogP contribution >= 0.6 is 11.8 Å². The molecule has 0 unspecified atom stereocenters. The summed E-state index contributed by atoms with van der Waals surface area (Å²) in [5, 5.41) is 6.91. The van der Waals surface area contributed by atoms with Gasteiger partial charge in [0.05, 0.1) is 0 Å². The van der Waals surface area contributed by atoms with E-state index in [2.05, 4.69) is 24.3 Å². The Balaban J connectivity index is 3.02. The molecule has 0 aliphatic heterocycles. The molecule has 1 aromatic rings. The largest absolute Gasteiger partial charge is 0.363 e. The van der Waals surface area contributed by atoms with Crippen molar-refractivity contribution in [1.29, 1.82) is 0 Å². The van der Waals surface area contributed by atoms with Crippen molar-refractivity contribution < 1.29 is 0 Å². The van der Waals surface area contributed by atoms with Gasteiger partial charge in [0, 0.05) is 25.4 Å². The monoisotopic (exact) mass is 258 g/mol. The van der Waals surface area contributed by atoms with E-state index >= 15 is 0 Å². The smallest absolute Gasteiger partial charge is 0.346 e. The molecule has 0 fully saturated rings. The number of aryl methyl sites for hydroxylation is 1. The van der Waals surface area contributed by atoms with Gasteiger partial charge in [0.15, 0.2) is 0 Å². The number of nitrogens with one attached hydrogen (secondary N) is 1. The summed E-state index contributed by atoms with van der Waals surface area (Å²) in [6, 6.07) is 0. The summed E-state index contributed by atoms with van der Waals surface area (Å²) >= 11 is 1.70. The summed E-state index contributed by atoms with van der Waals surface area (Å²) in [7, 11) is 2.96. The predicted molar refractivity (Wildman–Crippen MR) is 70.8 cm³/mol. The number of hydrogen-bond donors (Lipinski definition) is 1. The fraction of sp³-hybridized carbons (Fsp3) is 0.700. The van der Waals surface area contributed by atoms with Gasteiger partial charge in [-0.1, -0.05) is 0 Å². The summed E-state index contributed by atoms with van der Waals surface area (Å²) in [6.45, 7) is 4.74. The molecular weight excluding hydrogens is 240 g/mol. The maximum atomic E-state index is 11.8. The second-order valence-corrected chi connectivity index (χ2v) is 5.95. The van der Waals surface area contributed by atoms with Crippen molar-refractivity contribution >= 4 is 17.6 Å². The van der Waals surface area contributed by atoms with Gasteiger partial charge in [-0.2, -0.15) is 11.8 Å². The van der Waals surface area contributed by atoms with E-state index in [4.69, 9.17) is 0 Å². The van der Waals surface area contributed by atoms with Gasteiger partial charge in [-0.05, 0) is 20.1 Å². The zero-order valence-electron chi connectivity index (χ0n) is 10.8. The minimum atomic E-state index is -0.426. The summed E-state index contributed by atoms with van der Waals surface area (Å²) < 4.78 is 2.19. The van der Waals surface area contributed by atoms with Crippen LogP contribution in [0.5, 0.6) is 0 Å². The van der Waals surface area contributed by atoms with Crippen LogP contribution in [0.2, 0.25) is 0 Å². The molecule has 0 aromatic carbocycles. The second kappa shape index (κ2) is 4.95. The maximum Gasteiger partial charge on any atom is 0.346 e. The molecule has 0 radical (unpaired) electrons. The highest BCUT2D eigenvalue weighted by Gasteiger charge is 2.17. The molecule has 17 heavy (non-hydrogen) atoms. The van der Waals surface area contributed by atoms with Crippen molar-refractivity contribution in [2.75, 3.05) is 18.1 Å². The molecule has 1 heterocycles. The number of nitrogens with zero attached hydrogens (tertiary/aromatic N) is 3. The van der Waals surface area contributed by atoms with Gasteiger partial charge in [0.2, 0.25) is 5.82 Å². The van der Waals surface area contributed by atoms with Gasteiger partial charge in [0.1, 0.15) is 0 Å². The topological polar surface area (TPSA) is 68.9 Å². The van der Waals surface area contributed by atoms with Crippen LogP contribution in [0.1, 0.15) is 13.8 Å². The molecular formula is C10H18N4O2S. The van der Waals surface area contributed by atoms with Gasteiger partial charge in [-0.25, -0.2) is 9.48 Å². The molecule has 1 rings (SSSR count). The lowest BCUT2D eigenvalue weighted by molar-refractivity contribution is 0.601. The highest BCUT2D eigenvalue weighted by Crippen LogP contribution is 2.20. The number of hydrogen-bond acceptors (Lipinski definition) is 5. The predicted octanol–water partition coefficient (Wildman–Crippen LogP) is 0.0325. The maximum absolute atomic E-state index is 11.8. The van der Waals surface area contributed by atoms with E-state index < -0.39 is 11.2 Å². The molecule has 1 N–H and O–H groups in total. The summed E-state index contributed by atoms with van der Waals surface area (Å²) in [6.07, 6.45) is 2.01. The Morgan fingerprint density at radius 1 is 1.35 bits per heavy atom. The third-order valence-electron chi connectivity index (χ3n) is 2.56. The van der Waals surface area contributed by atoms with E-state index in [0.717, 1.165) is 9.25 Å². The standard InChI is InChI=1S/C10H18N4O2S/c1-10(2,17-5)6-11-7-8(15)13(3)9(16)14(4)12-7/h6H2,1-5H3,(H,11,12). The van der Waals surface area contributed by atoms with Crippen molar-refractivity contribution in [1.82, 2.24) is 14.3 Å². The van der Waals surface area contributed by atoms with Crippen LogP contribution in [-0.2, 0) is 14.1 Å². The first-order chi connectivity index (χ1) is 7.78. The van der Waals surface area contributed by atoms with Crippen LogP contribution in [0.25, 0.3) is 0 Å². The fourth-order valence-corrected chi connectivity index (χ4v) is 1.39. The molecule has 0 saturated carbocycles. The van der Waals surface area contributed by atoms with E-state index in [-0.39, 0.29) is 10.6 Å². The van der Waals surface area contributed by atoms with E-state index in [1.165, 1.54) is 14.1 Å². The van der Waals surface area contributed by atoms with Crippen molar-refractivity contribution in [3.63, 3.8) is 0 Å². The molecule has 0 bridgehead atoms. The van der Waals surface area contributed by atoms with Crippen LogP contribution in [0.15, 0.2) is 9.59 Å². The third kappa shape index (κ3) is 3.12. The highest BCUT2D eigenvalue weighted by atomic mass is 32.2. The van der Waals surface area contributed by atoms with Crippen LogP contribution in [0.3, 0.4) is 0 Å². The average molecular weight is 258 g/mol. The Morgan fingerprint density at radius 2 is 1.94 bits per heavy atom. The zero-order chi connectivity index (χ0) is 13.2. The molecule has 6 nitrogen and oxygen atoms in total. The van der Waals surface area contributed by atoms with Crippen LogP contribution in [0.4, 0.5) is 5.82 Å². The first kappa shape index (κ1) is 13.8. The zero-order valence-corrected chi connectivity index (χ0v) is 11.6. The highest BCUT2D eigenvalue weighted by molar-refractivity contribution is 7.99. The van der Waals surface area contributed by atoms with E-state index in [1.54, 1.807) is 11.8 Å². The normalized spacial score (nSPS) is 11.6. The summed E-state index contributed by atoms with van der Waals surface area (Å²) in [5.74, 6) is 0.205. The third-order valence-corrected chi connectivity index (χ3v) is 3.80. The molecule has 0 spiro atoms. The lowest BCUT2D eigenvalue weighted by Gasteiger charge is -2.22.